The fourth-order valence-corrected chi connectivity index (χ4v) is 9.79. The average Bonchev–Trinajstić information content (AvgIpc) is 3.48. The van der Waals surface area contributed by atoms with Crippen LogP contribution in [0, 0.1) is 0 Å². The summed E-state index contributed by atoms with van der Waals surface area (Å²) in [5.74, 6) is -0.874. The topological polar surface area (TPSA) is 78.9 Å². The molecule has 0 saturated carbocycles. The van der Waals surface area contributed by atoms with Crippen LogP contribution in [-0.4, -0.2) is 37.2 Å². The van der Waals surface area contributed by atoms with Crippen LogP contribution in [0.1, 0.15) is 329 Å². The van der Waals surface area contributed by atoms with Gasteiger partial charge >= 0.3 is 17.9 Å². The standard InChI is InChI=1S/C77H130O6/c1-4-7-10-13-16-19-22-24-26-28-30-32-34-35-36-37-38-39-40-41-43-44-46-48-50-52-55-58-61-64-67-70-76(79)82-73-74(72-81-75(78)69-66-63-60-57-54-21-18-15-12-9-6-3)83-77(80)71-68-65-62-59-56-53-51-49-47-45-42-33-31-29-27-25-23-20-17-14-11-8-5-2/h7-8,10-11,16-17,19-20,24-27,30-33,35-36,38-39,74H,4-6,9,12-15,18,21-23,28-29,34,37,40-73H2,1-3H3/b10-7-,11-8-,19-16-,20-17-,26-24-,27-25-,32-30-,33-31-,36-35-,39-38-. The second kappa shape index (κ2) is 70.3. The number of hydrogen-bond donors (Lipinski definition) is 0. The molecule has 474 valence electrons. The molecule has 0 aliphatic carbocycles. The van der Waals surface area contributed by atoms with Crippen molar-refractivity contribution in [3.63, 3.8) is 0 Å². The fourth-order valence-electron chi connectivity index (χ4n) is 9.79. The summed E-state index contributed by atoms with van der Waals surface area (Å²) in [5, 5.41) is 0. The summed E-state index contributed by atoms with van der Waals surface area (Å²) in [5.41, 5.74) is 0. The van der Waals surface area contributed by atoms with Gasteiger partial charge in [-0.15, -0.1) is 0 Å². The van der Waals surface area contributed by atoms with E-state index in [4.69, 9.17) is 14.2 Å². The van der Waals surface area contributed by atoms with Gasteiger partial charge in [0.2, 0.25) is 0 Å². The molecule has 0 bridgehead atoms. The summed E-state index contributed by atoms with van der Waals surface area (Å²) in [7, 11) is 0. The fraction of sp³-hybridized carbons (Fsp3) is 0.701. The Balaban J connectivity index is 4.23. The first-order valence-corrected chi connectivity index (χ1v) is 35.0. The molecule has 0 aliphatic rings. The molecular weight excluding hydrogens is 1020 g/mol. The van der Waals surface area contributed by atoms with E-state index in [9.17, 15) is 14.4 Å². The summed E-state index contributed by atoms with van der Waals surface area (Å²) < 4.78 is 17.0. The summed E-state index contributed by atoms with van der Waals surface area (Å²) in [6, 6.07) is 0. The number of unbranched alkanes of at least 4 members (excludes halogenated alkanes) is 32. The molecule has 1 unspecified atom stereocenters. The van der Waals surface area contributed by atoms with Crippen molar-refractivity contribution < 1.29 is 28.6 Å². The molecule has 0 aromatic rings. The lowest BCUT2D eigenvalue weighted by Gasteiger charge is -2.18. The summed E-state index contributed by atoms with van der Waals surface area (Å²) in [6.07, 6.45) is 97.9. The van der Waals surface area contributed by atoms with Crippen LogP contribution in [0.15, 0.2) is 122 Å². The van der Waals surface area contributed by atoms with Crippen molar-refractivity contribution in [2.45, 2.75) is 335 Å². The Labute approximate surface area is 513 Å². The highest BCUT2D eigenvalue weighted by molar-refractivity contribution is 5.71. The van der Waals surface area contributed by atoms with Crippen LogP contribution < -0.4 is 0 Å². The van der Waals surface area contributed by atoms with Gasteiger partial charge in [0.25, 0.3) is 0 Å². The number of ether oxygens (including phenoxy) is 3. The predicted molar refractivity (Wildman–Crippen MR) is 362 cm³/mol. The molecule has 0 radical (unpaired) electrons. The molecule has 0 aliphatic heterocycles. The monoisotopic (exact) mass is 1150 g/mol. The molecule has 83 heavy (non-hydrogen) atoms. The Morgan fingerprint density at radius 1 is 0.253 bits per heavy atom. The average molecular weight is 1150 g/mol. The minimum absolute atomic E-state index is 0.0780. The Morgan fingerprint density at radius 2 is 0.470 bits per heavy atom. The first kappa shape index (κ1) is 78.8. The molecule has 0 rings (SSSR count). The van der Waals surface area contributed by atoms with Crippen LogP contribution in [0.4, 0.5) is 0 Å². The third-order valence-corrected chi connectivity index (χ3v) is 15.0. The maximum absolute atomic E-state index is 12.9. The van der Waals surface area contributed by atoms with Crippen LogP contribution >= 0.6 is 0 Å². The molecule has 0 heterocycles. The highest BCUT2D eigenvalue weighted by atomic mass is 16.6. The van der Waals surface area contributed by atoms with E-state index in [0.717, 1.165) is 122 Å². The SMILES string of the molecule is CC/C=C\C/C=C\C/C=C\C/C=C\C/C=C\C/C=C\CCCCCCCCCCCCCCC(=O)OCC(COC(=O)CCCCCCCCCCCCC)OC(=O)CCCCCCCCCCCC/C=C\C/C=C\C/C=C\C/C=C\CC. The van der Waals surface area contributed by atoms with Crippen LogP contribution in [0.25, 0.3) is 0 Å². The zero-order valence-corrected chi connectivity index (χ0v) is 54.4. The van der Waals surface area contributed by atoms with Crippen molar-refractivity contribution in [2.75, 3.05) is 13.2 Å². The number of esters is 3. The van der Waals surface area contributed by atoms with Gasteiger partial charge in [-0.25, -0.2) is 0 Å². The number of carbonyl (C=O) groups is 3. The van der Waals surface area contributed by atoms with Gasteiger partial charge in [-0.1, -0.05) is 322 Å². The first-order valence-electron chi connectivity index (χ1n) is 35.0. The maximum atomic E-state index is 12.9. The van der Waals surface area contributed by atoms with Crippen molar-refractivity contribution in [2.24, 2.45) is 0 Å². The molecule has 0 aromatic carbocycles. The number of allylic oxidation sites excluding steroid dienone is 20. The minimum atomic E-state index is -0.782. The molecule has 0 spiro atoms. The summed E-state index contributed by atoms with van der Waals surface area (Å²) in [6.45, 7) is 6.43. The van der Waals surface area contributed by atoms with Crippen LogP contribution in [0.2, 0.25) is 0 Å². The lowest BCUT2D eigenvalue weighted by molar-refractivity contribution is -0.167. The van der Waals surface area contributed by atoms with Crippen LogP contribution in [0.3, 0.4) is 0 Å². The lowest BCUT2D eigenvalue weighted by Crippen LogP contribution is -2.30. The molecule has 6 heteroatoms. The second-order valence-electron chi connectivity index (χ2n) is 23.0. The smallest absolute Gasteiger partial charge is 0.306 e. The van der Waals surface area contributed by atoms with Gasteiger partial charge in [-0.2, -0.15) is 0 Å². The zero-order valence-electron chi connectivity index (χ0n) is 54.4. The van der Waals surface area contributed by atoms with E-state index < -0.39 is 6.10 Å². The van der Waals surface area contributed by atoms with Crippen LogP contribution in [-0.2, 0) is 28.6 Å². The van der Waals surface area contributed by atoms with Crippen LogP contribution in [0.5, 0.6) is 0 Å². The molecular formula is C77H130O6. The summed E-state index contributed by atoms with van der Waals surface area (Å²) >= 11 is 0. The van der Waals surface area contributed by atoms with Crippen molar-refractivity contribution in [3.05, 3.63) is 122 Å². The largest absolute Gasteiger partial charge is 0.462 e. The Morgan fingerprint density at radius 3 is 0.735 bits per heavy atom. The third kappa shape index (κ3) is 68.5. The molecule has 0 N–H and O–H groups in total. The van der Waals surface area contributed by atoms with Crippen molar-refractivity contribution >= 4 is 17.9 Å². The van der Waals surface area contributed by atoms with Gasteiger partial charge in [-0.3, -0.25) is 14.4 Å². The van der Waals surface area contributed by atoms with Gasteiger partial charge < -0.3 is 14.2 Å². The molecule has 0 fully saturated rings. The van der Waals surface area contributed by atoms with E-state index >= 15 is 0 Å². The van der Waals surface area contributed by atoms with E-state index in [1.165, 1.54) is 167 Å². The van der Waals surface area contributed by atoms with E-state index in [0.29, 0.717) is 19.3 Å². The van der Waals surface area contributed by atoms with Crippen molar-refractivity contribution in [1.82, 2.24) is 0 Å². The number of carbonyl (C=O) groups excluding carboxylic acids is 3. The second-order valence-corrected chi connectivity index (χ2v) is 23.0. The minimum Gasteiger partial charge on any atom is -0.462 e. The number of rotatable bonds is 63. The van der Waals surface area contributed by atoms with Gasteiger partial charge in [0.15, 0.2) is 6.10 Å². The number of hydrogen-bond acceptors (Lipinski definition) is 6. The molecule has 6 nitrogen and oxygen atoms in total. The van der Waals surface area contributed by atoms with Gasteiger partial charge in [-0.05, 0) is 109 Å². The summed E-state index contributed by atoms with van der Waals surface area (Å²) in [4.78, 5) is 38.4. The zero-order chi connectivity index (χ0) is 59.9. The van der Waals surface area contributed by atoms with Gasteiger partial charge in [0.1, 0.15) is 13.2 Å². The Hall–Kier alpha value is -4.19. The molecule has 0 aromatic heterocycles. The Bertz CT molecular complexity index is 1700. The van der Waals surface area contributed by atoms with E-state index in [-0.39, 0.29) is 31.1 Å². The van der Waals surface area contributed by atoms with E-state index in [2.05, 4.69) is 142 Å². The molecule has 0 saturated heterocycles. The molecule has 0 amide bonds. The van der Waals surface area contributed by atoms with Gasteiger partial charge in [0, 0.05) is 19.3 Å². The van der Waals surface area contributed by atoms with E-state index in [1.807, 2.05) is 0 Å². The lowest BCUT2D eigenvalue weighted by atomic mass is 10.0. The highest BCUT2D eigenvalue weighted by Gasteiger charge is 2.19. The Kier molecular flexibility index (Phi) is 66.7. The third-order valence-electron chi connectivity index (χ3n) is 15.0. The van der Waals surface area contributed by atoms with Crippen molar-refractivity contribution in [1.29, 1.82) is 0 Å². The maximum Gasteiger partial charge on any atom is 0.306 e. The molecule has 1 atom stereocenters. The first-order chi connectivity index (χ1) is 41.0. The van der Waals surface area contributed by atoms with Gasteiger partial charge in [0.05, 0.1) is 0 Å². The predicted octanol–water partition coefficient (Wildman–Crippen LogP) is 24.3. The quantitative estimate of drug-likeness (QED) is 0.0261. The van der Waals surface area contributed by atoms with Crippen molar-refractivity contribution in [3.8, 4) is 0 Å². The normalized spacial score (nSPS) is 12.9. The van der Waals surface area contributed by atoms with E-state index in [1.54, 1.807) is 0 Å². The highest BCUT2D eigenvalue weighted by Crippen LogP contribution is 2.17.